The predicted octanol–water partition coefficient (Wildman–Crippen LogP) is 4.09. The number of aliphatic hydroxyl groups excluding tert-OH is 1. The third-order valence-corrected chi connectivity index (χ3v) is 9.61. The van der Waals surface area contributed by atoms with Crippen molar-refractivity contribution in [3.63, 3.8) is 0 Å². The van der Waals surface area contributed by atoms with Gasteiger partial charge in [-0.2, -0.15) is 0 Å². The van der Waals surface area contributed by atoms with Crippen LogP contribution in [0.4, 0.5) is 0 Å². The van der Waals surface area contributed by atoms with Gasteiger partial charge >= 0.3 is 11.9 Å². The van der Waals surface area contributed by atoms with Crippen molar-refractivity contribution in [2.75, 3.05) is 6.61 Å². The average molecular weight is 437 g/mol. The highest BCUT2D eigenvalue weighted by atomic mass is 16.5. The molecular weight excluding hydrogens is 396 g/mol. The lowest BCUT2D eigenvalue weighted by Crippen LogP contribution is -2.58. The molecule has 0 heterocycles. The van der Waals surface area contributed by atoms with Gasteiger partial charge in [-0.15, -0.1) is 0 Å². The van der Waals surface area contributed by atoms with Crippen LogP contribution in [0.1, 0.15) is 79.1 Å². The summed E-state index contributed by atoms with van der Waals surface area (Å²) < 4.78 is 4.40. The van der Waals surface area contributed by atoms with E-state index in [2.05, 4.69) is 18.6 Å². The molecule has 0 aromatic carbocycles. The van der Waals surface area contributed by atoms with E-state index in [0.717, 1.165) is 44.9 Å². The van der Waals surface area contributed by atoms with E-state index < -0.39 is 5.97 Å². The minimum absolute atomic E-state index is 0.0644. The summed E-state index contributed by atoms with van der Waals surface area (Å²) in [6, 6.07) is 0. The molecule has 4 saturated carbocycles. The molecule has 2 N–H and O–H groups in total. The Morgan fingerprint density at radius 1 is 1.00 bits per heavy atom. The number of hydrogen-bond acceptors (Lipinski definition) is 5. The summed E-state index contributed by atoms with van der Waals surface area (Å²) in [5.41, 5.74) is 0.180. The first-order valence-electron chi connectivity index (χ1n) is 12.1. The molecule has 4 aliphatic rings. The second-order valence-electron chi connectivity index (χ2n) is 10.9. The minimum Gasteiger partial charge on any atom is -0.481 e. The standard InChI is InChI=1S/C21H32O4.C4H8O2/c1-20-8-6-16-14(15(20)4-3-13(20)11-22)10-18(23)17-9-12(19(24)25)5-7-21(16,17)2;1-3-6-4(2)5/h11-18,23H,3-10H2,1-2H3,(H,24,25);3H2,1-2H3. The molecule has 31 heavy (non-hydrogen) atoms. The van der Waals surface area contributed by atoms with E-state index in [4.69, 9.17) is 0 Å². The molecule has 0 spiro atoms. The van der Waals surface area contributed by atoms with Gasteiger partial charge in [-0.1, -0.05) is 13.8 Å². The summed E-state index contributed by atoms with van der Waals surface area (Å²) in [5, 5.41) is 20.4. The molecule has 0 bridgehead atoms. The maximum atomic E-state index is 11.6. The van der Waals surface area contributed by atoms with Crippen LogP contribution >= 0.6 is 0 Å². The van der Waals surface area contributed by atoms with Crippen LogP contribution in [0.3, 0.4) is 0 Å². The Hall–Kier alpha value is -1.43. The third kappa shape index (κ3) is 4.29. The highest BCUT2D eigenvalue weighted by molar-refractivity contribution is 5.70. The second kappa shape index (κ2) is 9.21. The largest absolute Gasteiger partial charge is 0.481 e. The third-order valence-electron chi connectivity index (χ3n) is 9.61. The SMILES string of the molecule is CC12CCC3C(CC(O)C4CC(C(=O)O)CCC43C)C1CCC2C=O.CCOC(C)=O. The lowest BCUT2D eigenvalue weighted by atomic mass is 9.43. The highest BCUT2D eigenvalue weighted by Gasteiger charge is 2.62. The van der Waals surface area contributed by atoms with Gasteiger partial charge in [-0.25, -0.2) is 0 Å². The zero-order valence-electron chi connectivity index (χ0n) is 19.5. The van der Waals surface area contributed by atoms with Crippen LogP contribution in [0.25, 0.3) is 0 Å². The van der Waals surface area contributed by atoms with E-state index in [1.165, 1.54) is 13.2 Å². The number of aliphatic hydroxyl groups is 1. The van der Waals surface area contributed by atoms with Crippen molar-refractivity contribution in [3.8, 4) is 0 Å². The predicted molar refractivity (Wildman–Crippen MR) is 116 cm³/mol. The number of hydrogen-bond donors (Lipinski definition) is 2. The maximum Gasteiger partial charge on any atom is 0.306 e. The van der Waals surface area contributed by atoms with Crippen molar-refractivity contribution >= 4 is 18.2 Å². The summed E-state index contributed by atoms with van der Waals surface area (Å²) in [6.45, 7) is 8.28. The number of carboxylic acids is 1. The summed E-state index contributed by atoms with van der Waals surface area (Å²) in [4.78, 5) is 32.9. The molecule has 0 amide bonds. The Morgan fingerprint density at radius 3 is 2.19 bits per heavy atom. The Morgan fingerprint density at radius 2 is 1.65 bits per heavy atom. The topological polar surface area (TPSA) is 101 Å². The number of aliphatic carboxylic acids is 1. The number of rotatable bonds is 3. The molecule has 0 aliphatic heterocycles. The first kappa shape index (κ1) is 24.2. The van der Waals surface area contributed by atoms with Crippen LogP contribution in [-0.2, 0) is 19.1 Å². The number of carbonyl (C=O) groups excluding carboxylic acids is 2. The molecule has 0 aromatic rings. The van der Waals surface area contributed by atoms with Crippen molar-refractivity contribution in [2.45, 2.75) is 85.2 Å². The number of fused-ring (bicyclic) bond motifs is 5. The molecule has 0 radical (unpaired) electrons. The molecule has 4 fully saturated rings. The molecule has 4 rings (SSSR count). The molecule has 4 aliphatic carbocycles. The van der Waals surface area contributed by atoms with E-state index in [0.29, 0.717) is 30.8 Å². The van der Waals surface area contributed by atoms with Crippen LogP contribution in [0.15, 0.2) is 0 Å². The zero-order valence-corrected chi connectivity index (χ0v) is 19.5. The Kier molecular flexibility index (Phi) is 7.19. The molecular formula is C25H40O6. The molecule has 6 heteroatoms. The van der Waals surface area contributed by atoms with Gasteiger partial charge < -0.3 is 19.7 Å². The van der Waals surface area contributed by atoms with E-state index in [1.807, 2.05) is 0 Å². The maximum absolute atomic E-state index is 11.6. The second-order valence-corrected chi connectivity index (χ2v) is 10.9. The van der Waals surface area contributed by atoms with E-state index in [-0.39, 0.29) is 40.7 Å². The van der Waals surface area contributed by atoms with Crippen molar-refractivity contribution in [2.24, 2.45) is 46.3 Å². The zero-order chi connectivity index (χ0) is 23.0. The van der Waals surface area contributed by atoms with Gasteiger partial charge in [0.05, 0.1) is 18.6 Å². The number of carboxylic acid groups (broad SMARTS) is 1. The molecule has 9 atom stereocenters. The minimum atomic E-state index is -0.697. The first-order chi connectivity index (χ1) is 14.6. The molecule has 0 aromatic heterocycles. The summed E-state index contributed by atoms with van der Waals surface area (Å²) >= 11 is 0. The number of esters is 1. The molecule has 176 valence electrons. The van der Waals surface area contributed by atoms with Crippen LogP contribution in [0.2, 0.25) is 0 Å². The number of aldehydes is 1. The summed E-state index contributed by atoms with van der Waals surface area (Å²) in [6.07, 6.45) is 8.29. The normalized spacial score (nSPS) is 45.8. The van der Waals surface area contributed by atoms with Crippen LogP contribution in [0.5, 0.6) is 0 Å². The number of carbonyl (C=O) groups is 3. The molecule has 9 unspecified atom stereocenters. The van der Waals surface area contributed by atoms with Gasteiger partial charge in [0.1, 0.15) is 6.29 Å². The Balaban J connectivity index is 0.000000401. The van der Waals surface area contributed by atoms with E-state index in [9.17, 15) is 24.6 Å². The Bertz CT molecular complexity index is 691. The summed E-state index contributed by atoms with van der Waals surface area (Å²) in [7, 11) is 0. The van der Waals surface area contributed by atoms with Crippen molar-refractivity contribution in [1.29, 1.82) is 0 Å². The van der Waals surface area contributed by atoms with Crippen molar-refractivity contribution < 1.29 is 29.3 Å². The fourth-order valence-corrected chi connectivity index (χ4v) is 7.99. The number of ether oxygens (including phenoxy) is 1. The van der Waals surface area contributed by atoms with Gasteiger partial charge in [0.25, 0.3) is 0 Å². The van der Waals surface area contributed by atoms with Gasteiger partial charge in [0.2, 0.25) is 0 Å². The van der Waals surface area contributed by atoms with Gasteiger partial charge in [0, 0.05) is 12.8 Å². The van der Waals surface area contributed by atoms with Crippen LogP contribution in [0, 0.1) is 46.3 Å². The fourth-order valence-electron chi connectivity index (χ4n) is 7.99. The fraction of sp³-hybridized carbons (Fsp3) is 0.880. The van der Waals surface area contributed by atoms with Gasteiger partial charge in [0.15, 0.2) is 0 Å². The first-order valence-corrected chi connectivity index (χ1v) is 12.1. The van der Waals surface area contributed by atoms with Gasteiger partial charge in [-0.05, 0) is 92.8 Å². The van der Waals surface area contributed by atoms with E-state index in [1.54, 1.807) is 6.92 Å². The highest BCUT2D eigenvalue weighted by Crippen LogP contribution is 2.67. The van der Waals surface area contributed by atoms with Crippen LogP contribution < -0.4 is 0 Å². The molecule has 0 saturated heterocycles. The smallest absolute Gasteiger partial charge is 0.306 e. The van der Waals surface area contributed by atoms with Crippen LogP contribution in [-0.4, -0.2) is 41.1 Å². The van der Waals surface area contributed by atoms with E-state index >= 15 is 0 Å². The van der Waals surface area contributed by atoms with Gasteiger partial charge in [-0.3, -0.25) is 9.59 Å². The summed E-state index contributed by atoms with van der Waals surface area (Å²) in [5.74, 6) is 0.741. The van der Waals surface area contributed by atoms with Crippen molar-refractivity contribution in [1.82, 2.24) is 0 Å². The van der Waals surface area contributed by atoms with Crippen molar-refractivity contribution in [3.05, 3.63) is 0 Å². The lowest BCUT2D eigenvalue weighted by molar-refractivity contribution is -0.172. The molecule has 6 nitrogen and oxygen atoms in total. The quantitative estimate of drug-likeness (QED) is 0.511. The lowest BCUT2D eigenvalue weighted by Gasteiger charge is -2.62. The average Bonchev–Trinajstić information content (AvgIpc) is 3.04. The Labute approximate surface area is 186 Å². The monoisotopic (exact) mass is 436 g/mol.